The lowest BCUT2D eigenvalue weighted by molar-refractivity contribution is -0.137. The summed E-state index contributed by atoms with van der Waals surface area (Å²) in [5.41, 5.74) is 2.03. The minimum absolute atomic E-state index is 0.0422. The molecule has 0 aliphatic rings. The lowest BCUT2D eigenvalue weighted by atomic mass is 9.86. The second kappa shape index (κ2) is 4.26. The number of H-pyrrole nitrogens is 1. The SMILES string of the molecule is CC(C)(C)c1ccc2[nH]c3ccc(C(F)(F)F)cc3c2c1. The van der Waals surface area contributed by atoms with Gasteiger partial charge < -0.3 is 4.98 Å². The van der Waals surface area contributed by atoms with Crippen LogP contribution in [0.1, 0.15) is 31.9 Å². The molecule has 0 saturated heterocycles. The van der Waals surface area contributed by atoms with Crippen molar-refractivity contribution >= 4 is 21.8 Å². The molecule has 0 fully saturated rings. The van der Waals surface area contributed by atoms with Crippen LogP contribution >= 0.6 is 0 Å². The van der Waals surface area contributed by atoms with E-state index in [4.69, 9.17) is 0 Å². The van der Waals surface area contributed by atoms with Crippen molar-refractivity contribution in [1.82, 2.24) is 4.98 Å². The largest absolute Gasteiger partial charge is 0.416 e. The van der Waals surface area contributed by atoms with E-state index in [9.17, 15) is 13.2 Å². The van der Waals surface area contributed by atoms with E-state index in [2.05, 4.69) is 25.8 Å². The van der Waals surface area contributed by atoms with E-state index in [1.165, 1.54) is 12.1 Å². The molecule has 3 aromatic rings. The van der Waals surface area contributed by atoms with Crippen molar-refractivity contribution in [2.75, 3.05) is 0 Å². The molecular weight excluding hydrogens is 275 g/mol. The van der Waals surface area contributed by atoms with Crippen molar-refractivity contribution in [2.45, 2.75) is 32.4 Å². The van der Waals surface area contributed by atoms with Crippen LogP contribution in [0.15, 0.2) is 36.4 Å². The van der Waals surface area contributed by atoms with Crippen molar-refractivity contribution in [1.29, 1.82) is 0 Å². The van der Waals surface area contributed by atoms with Crippen LogP contribution < -0.4 is 0 Å². The molecular formula is C17H16F3N. The summed E-state index contributed by atoms with van der Waals surface area (Å²) in [6.07, 6.45) is -4.32. The Morgan fingerprint density at radius 3 is 1.71 bits per heavy atom. The van der Waals surface area contributed by atoms with Crippen LogP contribution in [-0.2, 0) is 11.6 Å². The van der Waals surface area contributed by atoms with Crippen molar-refractivity contribution in [3.63, 3.8) is 0 Å². The van der Waals surface area contributed by atoms with E-state index < -0.39 is 11.7 Å². The smallest absolute Gasteiger partial charge is 0.355 e. The monoisotopic (exact) mass is 291 g/mol. The third kappa shape index (κ3) is 2.39. The van der Waals surface area contributed by atoms with E-state index in [1.54, 1.807) is 0 Å². The number of alkyl halides is 3. The van der Waals surface area contributed by atoms with E-state index in [-0.39, 0.29) is 5.41 Å². The molecule has 1 nitrogen and oxygen atoms in total. The molecule has 110 valence electrons. The third-order valence-electron chi connectivity index (χ3n) is 3.79. The molecule has 1 N–H and O–H groups in total. The highest BCUT2D eigenvalue weighted by Gasteiger charge is 2.30. The summed E-state index contributed by atoms with van der Waals surface area (Å²) in [5.74, 6) is 0. The van der Waals surface area contributed by atoms with E-state index in [0.29, 0.717) is 5.39 Å². The summed E-state index contributed by atoms with van der Waals surface area (Å²) in [6.45, 7) is 6.26. The Hall–Kier alpha value is -1.97. The Morgan fingerprint density at radius 2 is 1.24 bits per heavy atom. The molecule has 0 unspecified atom stereocenters. The van der Waals surface area contributed by atoms with E-state index >= 15 is 0 Å². The zero-order chi connectivity index (χ0) is 15.4. The zero-order valence-corrected chi connectivity index (χ0v) is 12.1. The second-order valence-electron chi connectivity index (χ2n) is 6.39. The fourth-order valence-corrected chi connectivity index (χ4v) is 2.54. The van der Waals surface area contributed by atoms with Crippen LogP contribution in [0.2, 0.25) is 0 Å². The maximum absolute atomic E-state index is 12.9. The molecule has 3 rings (SSSR count). The maximum atomic E-state index is 12.9. The molecule has 0 amide bonds. The molecule has 1 heterocycles. The summed E-state index contributed by atoms with van der Waals surface area (Å²) in [5, 5.41) is 1.45. The van der Waals surface area contributed by atoms with Crippen molar-refractivity contribution in [3.8, 4) is 0 Å². The molecule has 0 bridgehead atoms. The van der Waals surface area contributed by atoms with Crippen molar-refractivity contribution in [3.05, 3.63) is 47.5 Å². The topological polar surface area (TPSA) is 15.8 Å². The summed E-state index contributed by atoms with van der Waals surface area (Å²) >= 11 is 0. The first kappa shape index (κ1) is 14.0. The first-order valence-corrected chi connectivity index (χ1v) is 6.79. The molecule has 0 radical (unpaired) electrons. The predicted molar refractivity (Wildman–Crippen MR) is 79.5 cm³/mol. The van der Waals surface area contributed by atoms with E-state index in [0.717, 1.165) is 28.0 Å². The van der Waals surface area contributed by atoms with Gasteiger partial charge in [-0.25, -0.2) is 0 Å². The van der Waals surface area contributed by atoms with Gasteiger partial charge in [0.05, 0.1) is 5.56 Å². The number of halogens is 3. The fraction of sp³-hybridized carbons (Fsp3) is 0.294. The number of hydrogen-bond donors (Lipinski definition) is 1. The number of nitrogens with one attached hydrogen (secondary N) is 1. The van der Waals surface area contributed by atoms with Gasteiger partial charge in [0.1, 0.15) is 0 Å². The highest BCUT2D eigenvalue weighted by atomic mass is 19.4. The highest BCUT2D eigenvalue weighted by Crippen LogP contribution is 2.35. The van der Waals surface area contributed by atoms with Crippen LogP contribution in [-0.4, -0.2) is 4.98 Å². The number of fused-ring (bicyclic) bond motifs is 3. The summed E-state index contributed by atoms with van der Waals surface area (Å²) < 4.78 is 38.6. The van der Waals surface area contributed by atoms with Crippen LogP contribution in [0.3, 0.4) is 0 Å². The van der Waals surface area contributed by atoms with Gasteiger partial charge in [-0.05, 0) is 41.3 Å². The van der Waals surface area contributed by atoms with E-state index in [1.807, 2.05) is 18.2 Å². The quantitative estimate of drug-likeness (QED) is 0.552. The Balaban J connectivity index is 2.31. The van der Waals surface area contributed by atoms with Crippen LogP contribution in [0.25, 0.3) is 21.8 Å². The summed E-state index contributed by atoms with van der Waals surface area (Å²) in [4.78, 5) is 3.17. The number of aromatic nitrogens is 1. The van der Waals surface area contributed by atoms with Gasteiger partial charge in [-0.2, -0.15) is 13.2 Å². The summed E-state index contributed by atoms with van der Waals surface area (Å²) in [6, 6.07) is 9.76. The Kier molecular flexibility index (Phi) is 2.84. The number of rotatable bonds is 0. The average molecular weight is 291 g/mol. The fourth-order valence-electron chi connectivity index (χ4n) is 2.54. The lowest BCUT2D eigenvalue weighted by Crippen LogP contribution is -2.10. The molecule has 0 spiro atoms. The van der Waals surface area contributed by atoms with Gasteiger partial charge >= 0.3 is 6.18 Å². The molecule has 0 atom stereocenters. The normalized spacial score (nSPS) is 13.2. The van der Waals surface area contributed by atoms with Gasteiger partial charge in [-0.15, -0.1) is 0 Å². The van der Waals surface area contributed by atoms with Gasteiger partial charge in [0.25, 0.3) is 0 Å². The Labute approximate surface area is 120 Å². The minimum Gasteiger partial charge on any atom is -0.355 e. The minimum atomic E-state index is -4.32. The first-order chi connectivity index (χ1) is 9.66. The highest BCUT2D eigenvalue weighted by molar-refractivity contribution is 6.07. The predicted octanol–water partition coefficient (Wildman–Crippen LogP) is 5.64. The lowest BCUT2D eigenvalue weighted by Gasteiger charge is -2.18. The molecule has 0 aliphatic heterocycles. The first-order valence-electron chi connectivity index (χ1n) is 6.79. The number of benzene rings is 2. The average Bonchev–Trinajstić information content (AvgIpc) is 2.73. The Morgan fingerprint density at radius 1 is 0.762 bits per heavy atom. The van der Waals surface area contributed by atoms with Crippen molar-refractivity contribution in [2.24, 2.45) is 0 Å². The van der Waals surface area contributed by atoms with Gasteiger partial charge in [0, 0.05) is 21.8 Å². The summed E-state index contributed by atoms with van der Waals surface area (Å²) in [7, 11) is 0. The molecule has 4 heteroatoms. The molecule has 21 heavy (non-hydrogen) atoms. The number of hydrogen-bond acceptors (Lipinski definition) is 0. The third-order valence-corrected chi connectivity index (χ3v) is 3.79. The molecule has 0 aliphatic carbocycles. The maximum Gasteiger partial charge on any atom is 0.416 e. The molecule has 1 aromatic heterocycles. The molecule has 0 saturated carbocycles. The van der Waals surface area contributed by atoms with Gasteiger partial charge in [0.2, 0.25) is 0 Å². The van der Waals surface area contributed by atoms with Gasteiger partial charge in [-0.3, -0.25) is 0 Å². The van der Waals surface area contributed by atoms with Crippen LogP contribution in [0.5, 0.6) is 0 Å². The van der Waals surface area contributed by atoms with Gasteiger partial charge in [-0.1, -0.05) is 26.8 Å². The Bertz CT molecular complexity index is 751. The standard InChI is InChI=1S/C17H16F3N/c1-16(2,3)10-4-6-14-12(8-10)13-9-11(17(18,19)20)5-7-15(13)21-14/h4-9,21H,1-3H3. The molecule has 2 aromatic carbocycles. The van der Waals surface area contributed by atoms with Crippen molar-refractivity contribution < 1.29 is 13.2 Å². The number of aromatic amines is 1. The van der Waals surface area contributed by atoms with Crippen LogP contribution in [0, 0.1) is 0 Å². The second-order valence-corrected chi connectivity index (χ2v) is 6.39. The van der Waals surface area contributed by atoms with Gasteiger partial charge in [0.15, 0.2) is 0 Å². The van der Waals surface area contributed by atoms with Crippen LogP contribution in [0.4, 0.5) is 13.2 Å². The zero-order valence-electron chi connectivity index (χ0n) is 12.1.